The third-order valence-electron chi connectivity index (χ3n) is 2.57. The molecule has 0 saturated heterocycles. The summed E-state index contributed by atoms with van der Waals surface area (Å²) in [6, 6.07) is 0.376. The van der Waals surface area contributed by atoms with Crippen molar-refractivity contribution in [2.45, 2.75) is 45.6 Å². The highest BCUT2D eigenvalue weighted by Crippen LogP contribution is 2.25. The highest BCUT2D eigenvalue weighted by molar-refractivity contribution is 5.84. The van der Waals surface area contributed by atoms with Crippen molar-refractivity contribution in [1.29, 1.82) is 0 Å². The maximum absolute atomic E-state index is 5.82. The molecule has 0 amide bonds. The Morgan fingerprint density at radius 1 is 1.54 bits per heavy atom. The van der Waals surface area contributed by atoms with Crippen LogP contribution in [0.3, 0.4) is 0 Å². The molecule has 1 rings (SSSR count). The zero-order valence-electron chi connectivity index (χ0n) is 8.62. The zero-order valence-corrected chi connectivity index (χ0v) is 8.62. The average Bonchev–Trinajstić information content (AvgIpc) is 2.52. The van der Waals surface area contributed by atoms with Gasteiger partial charge in [-0.1, -0.05) is 12.1 Å². The van der Waals surface area contributed by atoms with Gasteiger partial charge in [-0.25, -0.2) is 0 Å². The third kappa shape index (κ3) is 3.35. The molecule has 2 N–H and O–H groups in total. The fraction of sp³-hybridized carbons (Fsp3) is 0.900. The Kier molecular flexibility index (Phi) is 4.22. The van der Waals surface area contributed by atoms with E-state index in [2.05, 4.69) is 12.1 Å². The molecule has 0 aromatic rings. The molecule has 76 valence electrons. The molecule has 1 saturated carbocycles. The van der Waals surface area contributed by atoms with Crippen molar-refractivity contribution in [3.63, 3.8) is 0 Å². The van der Waals surface area contributed by atoms with Gasteiger partial charge in [-0.15, -0.1) is 0 Å². The van der Waals surface area contributed by atoms with E-state index in [1.54, 1.807) is 0 Å². The Morgan fingerprint density at radius 3 is 2.85 bits per heavy atom. The predicted molar refractivity (Wildman–Crippen MR) is 54.7 cm³/mol. The summed E-state index contributed by atoms with van der Waals surface area (Å²) in [6.07, 6.45) is 4.39. The van der Waals surface area contributed by atoms with E-state index in [0.717, 1.165) is 31.6 Å². The Balaban J connectivity index is 2.29. The minimum Gasteiger partial charge on any atom is -0.396 e. The number of hydrogen-bond acceptors (Lipinski definition) is 3. The molecule has 0 spiro atoms. The molecule has 2 atom stereocenters. The summed E-state index contributed by atoms with van der Waals surface area (Å²) in [6.45, 7) is 4.84. The van der Waals surface area contributed by atoms with Gasteiger partial charge in [0.2, 0.25) is 0 Å². The van der Waals surface area contributed by atoms with E-state index in [-0.39, 0.29) is 0 Å². The number of rotatable bonds is 4. The molecule has 1 fully saturated rings. The van der Waals surface area contributed by atoms with Gasteiger partial charge in [0.05, 0.1) is 5.71 Å². The maximum atomic E-state index is 5.82. The lowest BCUT2D eigenvalue weighted by Gasteiger charge is -2.08. The van der Waals surface area contributed by atoms with Gasteiger partial charge in [-0.3, -0.25) is 0 Å². The van der Waals surface area contributed by atoms with Crippen molar-refractivity contribution in [3.8, 4) is 0 Å². The molecule has 0 aromatic heterocycles. The standard InChI is InChI=1S/C10H20N2O/c1-3-6-13-12-8(2)9-4-5-10(11)7-9/h9-10H,3-7,11H2,1-2H3/b12-8+/t9-,10+/m0/s1. The largest absolute Gasteiger partial charge is 0.396 e. The van der Waals surface area contributed by atoms with Crippen LogP contribution >= 0.6 is 0 Å². The van der Waals surface area contributed by atoms with E-state index in [9.17, 15) is 0 Å². The van der Waals surface area contributed by atoms with Crippen molar-refractivity contribution < 1.29 is 4.84 Å². The van der Waals surface area contributed by atoms with Gasteiger partial charge in [0, 0.05) is 12.0 Å². The molecule has 0 unspecified atom stereocenters. The van der Waals surface area contributed by atoms with E-state index >= 15 is 0 Å². The summed E-state index contributed by atoms with van der Waals surface area (Å²) in [7, 11) is 0. The zero-order chi connectivity index (χ0) is 9.68. The van der Waals surface area contributed by atoms with Gasteiger partial charge in [-0.2, -0.15) is 0 Å². The van der Waals surface area contributed by atoms with Crippen LogP contribution in [-0.2, 0) is 4.84 Å². The number of nitrogens with two attached hydrogens (primary N) is 1. The van der Waals surface area contributed by atoms with Crippen LogP contribution in [0.15, 0.2) is 5.16 Å². The number of nitrogens with zero attached hydrogens (tertiary/aromatic N) is 1. The normalized spacial score (nSPS) is 29.3. The first-order valence-electron chi connectivity index (χ1n) is 5.16. The summed E-state index contributed by atoms with van der Waals surface area (Å²) in [5.41, 5.74) is 6.93. The average molecular weight is 184 g/mol. The molecule has 3 nitrogen and oxygen atoms in total. The van der Waals surface area contributed by atoms with E-state index in [4.69, 9.17) is 10.6 Å². The molecular weight excluding hydrogens is 164 g/mol. The highest BCUT2D eigenvalue weighted by atomic mass is 16.6. The monoisotopic (exact) mass is 184 g/mol. The Hall–Kier alpha value is -0.570. The Morgan fingerprint density at radius 2 is 2.31 bits per heavy atom. The highest BCUT2D eigenvalue weighted by Gasteiger charge is 2.24. The van der Waals surface area contributed by atoms with Gasteiger partial charge in [0.1, 0.15) is 6.61 Å². The van der Waals surface area contributed by atoms with Gasteiger partial charge in [0.15, 0.2) is 0 Å². The third-order valence-corrected chi connectivity index (χ3v) is 2.57. The smallest absolute Gasteiger partial charge is 0.116 e. The van der Waals surface area contributed by atoms with Crippen molar-refractivity contribution >= 4 is 5.71 Å². The molecule has 0 radical (unpaired) electrons. The summed E-state index contributed by atoms with van der Waals surface area (Å²) in [5.74, 6) is 0.562. The second-order valence-corrected chi connectivity index (χ2v) is 3.84. The van der Waals surface area contributed by atoms with E-state index in [1.807, 2.05) is 6.92 Å². The lowest BCUT2D eigenvalue weighted by atomic mass is 10.0. The fourth-order valence-corrected chi connectivity index (χ4v) is 1.71. The minimum absolute atomic E-state index is 0.376. The van der Waals surface area contributed by atoms with Crippen molar-refractivity contribution in [3.05, 3.63) is 0 Å². The van der Waals surface area contributed by atoms with Crippen LogP contribution in [0.1, 0.15) is 39.5 Å². The molecule has 0 aliphatic heterocycles. The fourth-order valence-electron chi connectivity index (χ4n) is 1.71. The quantitative estimate of drug-likeness (QED) is 0.412. The lowest BCUT2D eigenvalue weighted by molar-refractivity contribution is 0.143. The molecular formula is C10H20N2O. The first-order chi connectivity index (χ1) is 6.24. The van der Waals surface area contributed by atoms with E-state index < -0.39 is 0 Å². The van der Waals surface area contributed by atoms with Crippen LogP contribution in [0.4, 0.5) is 0 Å². The predicted octanol–water partition coefficient (Wildman–Crippen LogP) is 1.92. The van der Waals surface area contributed by atoms with Crippen LogP contribution in [-0.4, -0.2) is 18.4 Å². The van der Waals surface area contributed by atoms with E-state index in [0.29, 0.717) is 12.0 Å². The SMILES string of the molecule is CCCO/N=C(\C)[C@H]1CC[C@@H](N)C1. The second-order valence-electron chi connectivity index (χ2n) is 3.84. The molecule has 3 heteroatoms. The topological polar surface area (TPSA) is 47.6 Å². The number of oxime groups is 1. The van der Waals surface area contributed by atoms with Crippen LogP contribution in [0, 0.1) is 5.92 Å². The summed E-state index contributed by atoms with van der Waals surface area (Å²) in [5, 5.41) is 4.09. The molecule has 0 aromatic carbocycles. The van der Waals surface area contributed by atoms with Crippen molar-refractivity contribution in [2.24, 2.45) is 16.8 Å². The molecule has 13 heavy (non-hydrogen) atoms. The van der Waals surface area contributed by atoms with Crippen molar-refractivity contribution in [2.75, 3.05) is 6.61 Å². The van der Waals surface area contributed by atoms with Crippen LogP contribution < -0.4 is 5.73 Å². The molecule has 0 bridgehead atoms. The van der Waals surface area contributed by atoms with Gasteiger partial charge >= 0.3 is 0 Å². The van der Waals surface area contributed by atoms with Crippen molar-refractivity contribution in [1.82, 2.24) is 0 Å². The van der Waals surface area contributed by atoms with Crippen LogP contribution in [0.25, 0.3) is 0 Å². The van der Waals surface area contributed by atoms with Crippen LogP contribution in [0.5, 0.6) is 0 Å². The van der Waals surface area contributed by atoms with E-state index in [1.165, 1.54) is 6.42 Å². The summed E-state index contributed by atoms with van der Waals surface area (Å²) < 4.78 is 0. The second kappa shape index (κ2) is 5.22. The Bertz CT molecular complexity index is 180. The number of hydrogen-bond donors (Lipinski definition) is 1. The molecule has 0 heterocycles. The minimum atomic E-state index is 0.376. The van der Waals surface area contributed by atoms with Gasteiger partial charge in [-0.05, 0) is 32.6 Å². The molecule has 1 aliphatic rings. The summed E-state index contributed by atoms with van der Waals surface area (Å²) >= 11 is 0. The first kappa shape index (κ1) is 10.5. The van der Waals surface area contributed by atoms with Gasteiger partial charge in [0.25, 0.3) is 0 Å². The Labute approximate surface area is 80.3 Å². The lowest BCUT2D eigenvalue weighted by Crippen LogP contribution is -2.17. The van der Waals surface area contributed by atoms with Crippen LogP contribution in [0.2, 0.25) is 0 Å². The first-order valence-corrected chi connectivity index (χ1v) is 5.16. The summed E-state index contributed by atoms with van der Waals surface area (Å²) in [4.78, 5) is 5.14. The van der Waals surface area contributed by atoms with Gasteiger partial charge < -0.3 is 10.6 Å². The maximum Gasteiger partial charge on any atom is 0.116 e. The molecule has 1 aliphatic carbocycles.